The molecule has 2 aromatic rings. The van der Waals surface area contributed by atoms with Crippen LogP contribution in [0.1, 0.15) is 18.9 Å². The first kappa shape index (κ1) is 14.2. The molecular weight excluding hydrogens is 285 g/mol. The Bertz CT molecular complexity index is 716. The van der Waals surface area contributed by atoms with Crippen molar-refractivity contribution in [3.63, 3.8) is 0 Å². The molecule has 0 spiro atoms. The van der Waals surface area contributed by atoms with Gasteiger partial charge in [-0.15, -0.1) is 0 Å². The summed E-state index contributed by atoms with van der Waals surface area (Å²) in [6.45, 7) is 1.66. The van der Waals surface area contributed by atoms with Gasteiger partial charge in [0.2, 0.25) is 5.60 Å². The van der Waals surface area contributed by atoms with E-state index in [4.69, 9.17) is 4.84 Å². The first-order valence-electron chi connectivity index (χ1n) is 6.80. The molecule has 1 N–H and O–H groups in total. The molecule has 1 aliphatic heterocycles. The number of carbonyl (C=O) groups is 1. The molecule has 0 bridgehead atoms. The first-order chi connectivity index (χ1) is 10.6. The maximum atomic E-state index is 13.0. The van der Waals surface area contributed by atoms with Gasteiger partial charge in [-0.2, -0.15) is 0 Å². The van der Waals surface area contributed by atoms with E-state index >= 15 is 0 Å². The summed E-state index contributed by atoms with van der Waals surface area (Å²) in [4.78, 5) is 21.7. The zero-order valence-electron chi connectivity index (χ0n) is 11.9. The maximum absolute atomic E-state index is 13.0. The molecule has 1 amide bonds. The molecule has 1 aromatic heterocycles. The van der Waals surface area contributed by atoms with Gasteiger partial charge in [0.05, 0.1) is 5.71 Å². The highest BCUT2D eigenvalue weighted by Crippen LogP contribution is 2.27. The number of halogens is 1. The van der Waals surface area contributed by atoms with Gasteiger partial charge in [0.15, 0.2) is 0 Å². The van der Waals surface area contributed by atoms with Crippen LogP contribution in [-0.2, 0) is 9.63 Å². The van der Waals surface area contributed by atoms with Crippen LogP contribution in [0.15, 0.2) is 53.8 Å². The quantitative estimate of drug-likeness (QED) is 0.948. The van der Waals surface area contributed by atoms with Crippen molar-refractivity contribution in [1.82, 2.24) is 4.98 Å². The predicted molar refractivity (Wildman–Crippen MR) is 79.9 cm³/mol. The fraction of sp³-hybridized carbons (Fsp3) is 0.188. The van der Waals surface area contributed by atoms with Crippen LogP contribution in [0.3, 0.4) is 0 Å². The largest absolute Gasteiger partial charge is 0.379 e. The number of amides is 1. The Labute approximate surface area is 126 Å². The molecular formula is C16H14FN3O2. The second kappa shape index (κ2) is 5.55. The topological polar surface area (TPSA) is 63.6 Å². The van der Waals surface area contributed by atoms with Gasteiger partial charge < -0.3 is 10.2 Å². The standard InChI is InChI=1S/C16H14FN3O2/c1-16(15(21)19-14-4-2-3-9-18-14)10-13(20-22-16)11-5-7-12(17)8-6-11/h2-9H,10H2,1H3,(H,18,19,21)/t16-/m1/s1. The van der Waals surface area contributed by atoms with E-state index in [2.05, 4.69) is 15.5 Å². The normalized spacial score (nSPS) is 20.2. The van der Waals surface area contributed by atoms with Crippen LogP contribution >= 0.6 is 0 Å². The number of hydrogen-bond acceptors (Lipinski definition) is 4. The number of benzene rings is 1. The molecule has 6 heteroatoms. The molecule has 2 heterocycles. The fourth-order valence-corrected chi connectivity index (χ4v) is 2.14. The van der Waals surface area contributed by atoms with Crippen molar-refractivity contribution in [2.24, 2.45) is 5.16 Å². The molecule has 0 radical (unpaired) electrons. The Morgan fingerprint density at radius 1 is 1.27 bits per heavy atom. The highest BCUT2D eigenvalue weighted by molar-refractivity contribution is 6.07. The summed E-state index contributed by atoms with van der Waals surface area (Å²) in [5.41, 5.74) is 0.232. The molecule has 1 atom stereocenters. The van der Waals surface area contributed by atoms with E-state index in [0.717, 1.165) is 5.56 Å². The summed E-state index contributed by atoms with van der Waals surface area (Å²) in [5, 5.41) is 6.66. The van der Waals surface area contributed by atoms with E-state index in [9.17, 15) is 9.18 Å². The average molecular weight is 299 g/mol. The lowest BCUT2D eigenvalue weighted by atomic mass is 9.95. The van der Waals surface area contributed by atoms with Crippen molar-refractivity contribution in [1.29, 1.82) is 0 Å². The van der Waals surface area contributed by atoms with Crippen molar-refractivity contribution in [2.45, 2.75) is 18.9 Å². The van der Waals surface area contributed by atoms with Gasteiger partial charge in [-0.3, -0.25) is 4.79 Å². The van der Waals surface area contributed by atoms with Gasteiger partial charge in [-0.25, -0.2) is 9.37 Å². The van der Waals surface area contributed by atoms with Gasteiger partial charge >= 0.3 is 0 Å². The summed E-state index contributed by atoms with van der Waals surface area (Å²) in [6.07, 6.45) is 1.89. The van der Waals surface area contributed by atoms with E-state index in [1.54, 1.807) is 43.5 Å². The molecule has 0 aliphatic carbocycles. The molecule has 0 fully saturated rings. The molecule has 1 aromatic carbocycles. The van der Waals surface area contributed by atoms with Crippen LogP contribution in [0, 0.1) is 5.82 Å². The second-order valence-corrected chi connectivity index (χ2v) is 5.21. The van der Waals surface area contributed by atoms with Crippen LogP contribution in [0.25, 0.3) is 0 Å². The SMILES string of the molecule is C[C@]1(C(=O)Nc2ccccn2)CC(c2ccc(F)cc2)=NO1. The van der Waals surface area contributed by atoms with Gasteiger partial charge in [0, 0.05) is 12.6 Å². The van der Waals surface area contributed by atoms with Crippen molar-refractivity contribution < 1.29 is 14.0 Å². The Kier molecular flexibility index (Phi) is 3.58. The molecule has 0 saturated carbocycles. The maximum Gasteiger partial charge on any atom is 0.272 e. The van der Waals surface area contributed by atoms with E-state index in [1.165, 1.54) is 12.1 Å². The van der Waals surface area contributed by atoms with E-state index in [-0.39, 0.29) is 11.7 Å². The third-order valence-electron chi connectivity index (χ3n) is 3.43. The second-order valence-electron chi connectivity index (χ2n) is 5.21. The highest BCUT2D eigenvalue weighted by atomic mass is 19.1. The number of aromatic nitrogens is 1. The zero-order chi connectivity index (χ0) is 15.6. The smallest absolute Gasteiger partial charge is 0.272 e. The average Bonchev–Trinajstić information content (AvgIpc) is 2.93. The Morgan fingerprint density at radius 3 is 2.73 bits per heavy atom. The lowest BCUT2D eigenvalue weighted by Crippen LogP contribution is -2.40. The number of anilines is 1. The molecule has 5 nitrogen and oxygen atoms in total. The summed E-state index contributed by atoms with van der Waals surface area (Å²) in [6, 6.07) is 11.2. The van der Waals surface area contributed by atoms with Crippen molar-refractivity contribution in [2.75, 3.05) is 5.32 Å². The number of nitrogens with one attached hydrogen (secondary N) is 1. The number of hydrogen-bond donors (Lipinski definition) is 1. The summed E-state index contributed by atoms with van der Waals surface area (Å²) in [7, 11) is 0. The van der Waals surface area contributed by atoms with E-state index in [1.807, 2.05) is 0 Å². The van der Waals surface area contributed by atoms with Crippen LogP contribution in [0.5, 0.6) is 0 Å². The third-order valence-corrected chi connectivity index (χ3v) is 3.43. The van der Waals surface area contributed by atoms with Crippen LogP contribution < -0.4 is 5.32 Å². The van der Waals surface area contributed by atoms with Gasteiger partial charge in [0.25, 0.3) is 5.91 Å². The number of nitrogens with zero attached hydrogens (tertiary/aromatic N) is 2. The van der Waals surface area contributed by atoms with E-state index in [0.29, 0.717) is 18.0 Å². The van der Waals surface area contributed by atoms with Crippen molar-refractivity contribution in [3.05, 3.63) is 60.0 Å². The van der Waals surface area contributed by atoms with E-state index < -0.39 is 5.60 Å². The predicted octanol–water partition coefficient (Wildman–Crippen LogP) is 2.74. The molecule has 0 saturated heterocycles. The molecule has 22 heavy (non-hydrogen) atoms. The van der Waals surface area contributed by atoms with Crippen molar-refractivity contribution >= 4 is 17.4 Å². The molecule has 0 unspecified atom stereocenters. The summed E-state index contributed by atoms with van der Waals surface area (Å²) in [5.74, 6) is -0.196. The minimum absolute atomic E-state index is 0.303. The Hall–Kier alpha value is -2.76. The van der Waals surface area contributed by atoms with Gasteiger partial charge in [-0.05, 0) is 36.8 Å². The zero-order valence-corrected chi connectivity index (χ0v) is 11.9. The lowest BCUT2D eigenvalue weighted by Gasteiger charge is -2.19. The van der Waals surface area contributed by atoms with Gasteiger partial charge in [-0.1, -0.05) is 23.4 Å². The molecule has 1 aliphatic rings. The van der Waals surface area contributed by atoms with Crippen LogP contribution in [0.2, 0.25) is 0 Å². The highest BCUT2D eigenvalue weighted by Gasteiger charge is 2.42. The monoisotopic (exact) mass is 299 g/mol. The minimum atomic E-state index is -1.11. The molecule has 3 rings (SSSR count). The van der Waals surface area contributed by atoms with Crippen molar-refractivity contribution in [3.8, 4) is 0 Å². The number of pyridine rings is 1. The Balaban J connectivity index is 1.71. The summed E-state index contributed by atoms with van der Waals surface area (Å²) >= 11 is 0. The number of oxime groups is 1. The van der Waals surface area contributed by atoms with Crippen LogP contribution in [-0.4, -0.2) is 22.2 Å². The lowest BCUT2D eigenvalue weighted by molar-refractivity contribution is -0.135. The Morgan fingerprint density at radius 2 is 2.05 bits per heavy atom. The first-order valence-corrected chi connectivity index (χ1v) is 6.80. The summed E-state index contributed by atoms with van der Waals surface area (Å²) < 4.78 is 13.0. The molecule has 112 valence electrons. The third kappa shape index (κ3) is 2.81. The van der Waals surface area contributed by atoms with Gasteiger partial charge in [0.1, 0.15) is 11.6 Å². The van der Waals surface area contributed by atoms with Crippen LogP contribution in [0.4, 0.5) is 10.2 Å². The minimum Gasteiger partial charge on any atom is -0.379 e. The fourth-order valence-electron chi connectivity index (χ4n) is 2.14. The number of carbonyl (C=O) groups excluding carboxylic acids is 1. The number of rotatable bonds is 3.